The summed E-state index contributed by atoms with van der Waals surface area (Å²) in [6, 6.07) is 13.5. The van der Waals surface area contributed by atoms with Crippen LogP contribution in [0.4, 0.5) is 5.69 Å². The molecule has 1 saturated heterocycles. The van der Waals surface area contributed by atoms with Gasteiger partial charge in [0.15, 0.2) is 5.78 Å². The first-order valence-electron chi connectivity index (χ1n) is 10.6. The van der Waals surface area contributed by atoms with Crippen molar-refractivity contribution < 1.29 is 14.3 Å². The molecule has 0 aliphatic carbocycles. The van der Waals surface area contributed by atoms with E-state index in [1.807, 2.05) is 42.5 Å². The average Bonchev–Trinajstić information content (AvgIpc) is 3.45. The van der Waals surface area contributed by atoms with Crippen LogP contribution in [0.25, 0.3) is 0 Å². The summed E-state index contributed by atoms with van der Waals surface area (Å²) in [5.41, 5.74) is 4.41. The van der Waals surface area contributed by atoms with Crippen molar-refractivity contribution in [2.75, 3.05) is 43.5 Å². The molecule has 0 aromatic heterocycles. The Kier molecular flexibility index (Phi) is 9.31. The van der Waals surface area contributed by atoms with Gasteiger partial charge in [-0.3, -0.25) is 9.69 Å². The number of Topliss-reactive ketones (excluding diaryl/α,β-unsaturated/α-hetero) is 1. The molecule has 166 valence electrons. The van der Waals surface area contributed by atoms with Crippen molar-refractivity contribution in [1.82, 2.24) is 4.90 Å². The summed E-state index contributed by atoms with van der Waals surface area (Å²) in [7, 11) is 0. The van der Waals surface area contributed by atoms with E-state index in [2.05, 4.69) is 33.1 Å². The van der Waals surface area contributed by atoms with Crippen LogP contribution in [0, 0.1) is 0 Å². The lowest BCUT2D eigenvalue weighted by molar-refractivity contribution is 0.102. The molecule has 1 N–H and O–H groups in total. The molecule has 7 heteroatoms. The van der Waals surface area contributed by atoms with Gasteiger partial charge in [-0.25, -0.2) is 0 Å². The van der Waals surface area contributed by atoms with Gasteiger partial charge in [-0.2, -0.15) is 0 Å². The zero-order chi connectivity index (χ0) is 22.1. The third kappa shape index (κ3) is 7.02. The number of ketones is 1. The summed E-state index contributed by atoms with van der Waals surface area (Å²) in [4.78, 5) is 13.9. The second-order valence-electron chi connectivity index (χ2n) is 7.71. The van der Waals surface area contributed by atoms with E-state index in [4.69, 9.17) is 21.7 Å². The fraction of sp³-hybridized carbons (Fsp3) is 0.417. The first kappa shape index (κ1) is 23.7. The molecule has 2 aliphatic heterocycles. The van der Waals surface area contributed by atoms with Gasteiger partial charge in [-0.15, -0.1) is 0 Å². The maximum absolute atomic E-state index is 11.4. The Balaban J connectivity index is 0.000000179. The first-order chi connectivity index (χ1) is 15.1. The van der Waals surface area contributed by atoms with Gasteiger partial charge in [-0.05, 0) is 68.4 Å². The molecule has 2 aliphatic rings. The number of hydrogen-bond acceptors (Lipinski definition) is 5. The SMILES string of the molecule is CC1COc2ccc(C(=O)CBr)cc21.S=CNc1ccc(OCCN2CCCC2)cc1. The van der Waals surface area contributed by atoms with Crippen molar-refractivity contribution in [1.29, 1.82) is 0 Å². The Bertz CT molecular complexity index is 870. The Morgan fingerprint density at radius 2 is 2.00 bits per heavy atom. The number of nitrogens with zero attached hydrogens (tertiary/aromatic N) is 1. The fourth-order valence-corrected chi connectivity index (χ4v) is 4.09. The van der Waals surface area contributed by atoms with Crippen LogP contribution < -0.4 is 14.8 Å². The Hall–Kier alpha value is -1.96. The maximum Gasteiger partial charge on any atom is 0.173 e. The third-order valence-electron chi connectivity index (χ3n) is 5.43. The summed E-state index contributed by atoms with van der Waals surface area (Å²) >= 11 is 7.89. The third-order valence-corrected chi connectivity index (χ3v) is 6.05. The zero-order valence-electron chi connectivity index (χ0n) is 17.8. The Labute approximate surface area is 198 Å². The lowest BCUT2D eigenvalue weighted by Crippen LogP contribution is -2.25. The number of alkyl halides is 1. The molecule has 0 spiro atoms. The topological polar surface area (TPSA) is 50.8 Å². The number of anilines is 1. The molecule has 2 aromatic rings. The average molecular weight is 505 g/mol. The maximum atomic E-state index is 11.4. The van der Waals surface area contributed by atoms with Gasteiger partial charge in [0.2, 0.25) is 0 Å². The molecule has 1 unspecified atom stereocenters. The number of thiocarbonyl (C=S) groups is 1. The zero-order valence-corrected chi connectivity index (χ0v) is 20.2. The molecule has 1 fully saturated rings. The quantitative estimate of drug-likeness (QED) is 0.299. The lowest BCUT2D eigenvalue weighted by atomic mass is 10.00. The van der Waals surface area contributed by atoms with Crippen molar-refractivity contribution in [3.05, 3.63) is 53.6 Å². The van der Waals surface area contributed by atoms with Crippen molar-refractivity contribution in [3.8, 4) is 11.5 Å². The van der Waals surface area contributed by atoms with E-state index in [-0.39, 0.29) is 5.78 Å². The number of fused-ring (bicyclic) bond motifs is 1. The van der Waals surface area contributed by atoms with E-state index in [1.54, 1.807) is 0 Å². The van der Waals surface area contributed by atoms with Crippen LogP contribution in [0.5, 0.6) is 11.5 Å². The second-order valence-corrected chi connectivity index (χ2v) is 8.50. The first-order valence-corrected chi connectivity index (χ1v) is 12.2. The van der Waals surface area contributed by atoms with Gasteiger partial charge in [0.05, 0.1) is 17.4 Å². The standard InChI is InChI=1S/C13H18N2OS.C11H11BrO2/c17-11-14-12-3-5-13(6-4-12)16-10-9-15-7-1-2-8-15;1-7-6-14-11-3-2-8(4-9(7)11)10(13)5-12/h3-6,11H,1-2,7-10H2,(H,14,17);2-4,7H,5-6H2,1H3. The van der Waals surface area contributed by atoms with Gasteiger partial charge >= 0.3 is 0 Å². The normalized spacial score (nSPS) is 17.2. The highest BCUT2D eigenvalue weighted by molar-refractivity contribution is 9.09. The molecule has 1 atom stereocenters. The largest absolute Gasteiger partial charge is 0.493 e. The van der Waals surface area contributed by atoms with E-state index >= 15 is 0 Å². The molecule has 0 saturated carbocycles. The fourth-order valence-electron chi connectivity index (χ4n) is 3.63. The van der Waals surface area contributed by atoms with Gasteiger partial charge < -0.3 is 14.8 Å². The number of carbonyl (C=O) groups is 1. The number of likely N-dealkylation sites (tertiary alicyclic amines) is 1. The predicted molar refractivity (Wildman–Crippen MR) is 133 cm³/mol. The van der Waals surface area contributed by atoms with Crippen LogP contribution in [-0.4, -0.2) is 54.4 Å². The van der Waals surface area contributed by atoms with Crippen molar-refractivity contribution in [3.63, 3.8) is 0 Å². The molecule has 0 amide bonds. The molecule has 2 heterocycles. The summed E-state index contributed by atoms with van der Waals surface area (Å²) in [6.07, 6.45) is 2.66. The van der Waals surface area contributed by atoms with Crippen molar-refractivity contribution >= 4 is 45.1 Å². The van der Waals surface area contributed by atoms with Crippen LogP contribution in [0.3, 0.4) is 0 Å². The summed E-state index contributed by atoms with van der Waals surface area (Å²) < 4.78 is 11.2. The molecule has 2 aromatic carbocycles. The van der Waals surface area contributed by atoms with Gasteiger partial charge in [-0.1, -0.05) is 35.1 Å². The van der Waals surface area contributed by atoms with E-state index < -0.39 is 0 Å². The predicted octanol–water partition coefficient (Wildman–Crippen LogP) is 5.29. The number of halogens is 1. The minimum absolute atomic E-state index is 0.118. The molecule has 0 radical (unpaired) electrons. The van der Waals surface area contributed by atoms with Crippen molar-refractivity contribution in [2.24, 2.45) is 0 Å². The number of rotatable bonds is 8. The van der Waals surface area contributed by atoms with Crippen LogP contribution in [0.15, 0.2) is 42.5 Å². The summed E-state index contributed by atoms with van der Waals surface area (Å²) in [6.45, 7) is 7.07. The van der Waals surface area contributed by atoms with Gasteiger partial charge in [0.1, 0.15) is 18.1 Å². The highest BCUT2D eigenvalue weighted by Crippen LogP contribution is 2.34. The van der Waals surface area contributed by atoms with E-state index in [1.165, 1.54) is 31.4 Å². The lowest BCUT2D eigenvalue weighted by Gasteiger charge is -2.14. The van der Waals surface area contributed by atoms with Crippen LogP contribution in [-0.2, 0) is 0 Å². The number of nitrogens with one attached hydrogen (secondary N) is 1. The number of carbonyl (C=O) groups excluding carboxylic acids is 1. The molecule has 4 rings (SSSR count). The Morgan fingerprint density at radius 1 is 1.26 bits per heavy atom. The minimum Gasteiger partial charge on any atom is -0.493 e. The molecular formula is C24H29BrN2O3S. The second kappa shape index (κ2) is 12.2. The van der Waals surface area contributed by atoms with E-state index in [9.17, 15) is 4.79 Å². The molecular weight excluding hydrogens is 476 g/mol. The van der Waals surface area contributed by atoms with Gasteiger partial charge in [0, 0.05) is 29.3 Å². The van der Waals surface area contributed by atoms with Gasteiger partial charge in [0.25, 0.3) is 0 Å². The van der Waals surface area contributed by atoms with Crippen molar-refractivity contribution in [2.45, 2.75) is 25.7 Å². The molecule has 5 nitrogen and oxygen atoms in total. The van der Waals surface area contributed by atoms with Crippen LogP contribution >= 0.6 is 28.1 Å². The summed E-state index contributed by atoms with van der Waals surface area (Å²) in [5, 5.41) is 3.34. The molecule has 0 bridgehead atoms. The molecule has 31 heavy (non-hydrogen) atoms. The van der Waals surface area contributed by atoms with Crippen LogP contribution in [0.2, 0.25) is 0 Å². The monoisotopic (exact) mass is 504 g/mol. The van der Waals surface area contributed by atoms with E-state index in [0.29, 0.717) is 11.2 Å². The number of hydrogen-bond donors (Lipinski definition) is 1. The van der Waals surface area contributed by atoms with Crippen LogP contribution in [0.1, 0.15) is 41.6 Å². The smallest absolute Gasteiger partial charge is 0.173 e. The minimum atomic E-state index is 0.118. The van der Waals surface area contributed by atoms with E-state index in [0.717, 1.165) is 48.1 Å². The highest BCUT2D eigenvalue weighted by atomic mass is 79.9. The number of benzene rings is 2. The summed E-state index contributed by atoms with van der Waals surface area (Å²) in [5.74, 6) is 2.35. The highest BCUT2D eigenvalue weighted by Gasteiger charge is 2.21. The number of ether oxygens (including phenoxy) is 2. The Morgan fingerprint density at radius 3 is 2.68 bits per heavy atom.